The molecule has 2 unspecified atom stereocenters. The van der Waals surface area contributed by atoms with E-state index in [1.807, 2.05) is 32.0 Å². The highest BCUT2D eigenvalue weighted by Crippen LogP contribution is 2.30. The van der Waals surface area contributed by atoms with Crippen molar-refractivity contribution in [1.82, 2.24) is 5.32 Å². The standard InChI is InChI=1S/C16H27NO3/c1-6-13(17-10-14(18)11(2)3)12-7-8-15(19-4)16(9-12)20-5/h7-9,11,13-14,17-18H,6,10H2,1-5H3. The molecule has 0 heterocycles. The molecule has 0 amide bonds. The van der Waals surface area contributed by atoms with E-state index in [0.717, 1.165) is 23.5 Å². The van der Waals surface area contributed by atoms with E-state index in [0.29, 0.717) is 6.54 Å². The number of ether oxygens (including phenoxy) is 2. The third kappa shape index (κ3) is 4.39. The molecule has 1 aromatic carbocycles. The second kappa shape index (κ2) is 8.12. The summed E-state index contributed by atoms with van der Waals surface area (Å²) in [6.45, 7) is 6.74. The molecular formula is C16H27NO3. The van der Waals surface area contributed by atoms with Crippen molar-refractivity contribution in [1.29, 1.82) is 0 Å². The van der Waals surface area contributed by atoms with E-state index in [1.54, 1.807) is 14.2 Å². The van der Waals surface area contributed by atoms with Gasteiger partial charge in [-0.15, -0.1) is 0 Å². The Morgan fingerprint density at radius 2 is 1.80 bits per heavy atom. The highest BCUT2D eigenvalue weighted by Gasteiger charge is 2.15. The van der Waals surface area contributed by atoms with Crippen molar-refractivity contribution in [3.8, 4) is 11.5 Å². The van der Waals surface area contributed by atoms with Gasteiger partial charge in [-0.25, -0.2) is 0 Å². The lowest BCUT2D eigenvalue weighted by Gasteiger charge is -2.22. The van der Waals surface area contributed by atoms with Crippen molar-refractivity contribution < 1.29 is 14.6 Å². The lowest BCUT2D eigenvalue weighted by atomic mass is 10.0. The molecule has 0 aliphatic carbocycles. The van der Waals surface area contributed by atoms with Crippen LogP contribution in [0.4, 0.5) is 0 Å². The fourth-order valence-electron chi connectivity index (χ4n) is 2.07. The minimum absolute atomic E-state index is 0.197. The Morgan fingerprint density at radius 3 is 2.30 bits per heavy atom. The lowest BCUT2D eigenvalue weighted by Crippen LogP contribution is -2.33. The van der Waals surface area contributed by atoms with Gasteiger partial charge in [-0.3, -0.25) is 0 Å². The zero-order valence-corrected chi connectivity index (χ0v) is 13.1. The quantitative estimate of drug-likeness (QED) is 0.769. The molecule has 20 heavy (non-hydrogen) atoms. The van der Waals surface area contributed by atoms with Crippen LogP contribution in [0.25, 0.3) is 0 Å². The summed E-state index contributed by atoms with van der Waals surface area (Å²) >= 11 is 0. The summed E-state index contributed by atoms with van der Waals surface area (Å²) in [7, 11) is 3.27. The SMILES string of the molecule is CCC(NCC(O)C(C)C)c1ccc(OC)c(OC)c1. The maximum Gasteiger partial charge on any atom is 0.161 e. The van der Waals surface area contributed by atoms with E-state index >= 15 is 0 Å². The molecule has 0 aliphatic heterocycles. The molecule has 0 saturated heterocycles. The second-order valence-corrected chi connectivity index (χ2v) is 5.29. The lowest BCUT2D eigenvalue weighted by molar-refractivity contribution is 0.119. The van der Waals surface area contributed by atoms with Crippen molar-refractivity contribution in [3.05, 3.63) is 23.8 Å². The molecule has 4 heteroatoms. The average molecular weight is 281 g/mol. The topological polar surface area (TPSA) is 50.7 Å². The first kappa shape index (κ1) is 16.8. The van der Waals surface area contributed by atoms with Crippen LogP contribution >= 0.6 is 0 Å². The zero-order chi connectivity index (χ0) is 15.1. The predicted molar refractivity (Wildman–Crippen MR) is 81.4 cm³/mol. The van der Waals surface area contributed by atoms with Crippen molar-refractivity contribution in [2.75, 3.05) is 20.8 Å². The Kier molecular flexibility index (Phi) is 6.82. The summed E-state index contributed by atoms with van der Waals surface area (Å²) in [6.07, 6.45) is 0.615. The summed E-state index contributed by atoms with van der Waals surface area (Å²) in [5.74, 6) is 1.72. The number of hydrogen-bond donors (Lipinski definition) is 2. The summed E-state index contributed by atoms with van der Waals surface area (Å²) in [6, 6.07) is 6.13. The van der Waals surface area contributed by atoms with E-state index in [4.69, 9.17) is 9.47 Å². The van der Waals surface area contributed by atoms with Gasteiger partial charge in [0.05, 0.1) is 20.3 Å². The van der Waals surface area contributed by atoms with Crippen LogP contribution in [0, 0.1) is 5.92 Å². The monoisotopic (exact) mass is 281 g/mol. The molecule has 0 saturated carbocycles. The number of methoxy groups -OCH3 is 2. The van der Waals surface area contributed by atoms with Gasteiger partial charge in [0, 0.05) is 12.6 Å². The predicted octanol–water partition coefficient (Wildman–Crippen LogP) is 2.76. The molecule has 1 aromatic rings. The molecular weight excluding hydrogens is 254 g/mol. The highest BCUT2D eigenvalue weighted by molar-refractivity contribution is 5.43. The molecule has 0 radical (unpaired) electrons. The number of rotatable bonds is 8. The Labute approximate surface area is 122 Å². The minimum atomic E-state index is -0.329. The van der Waals surface area contributed by atoms with Crippen LogP contribution in [-0.2, 0) is 0 Å². The van der Waals surface area contributed by atoms with Crippen LogP contribution in [0.2, 0.25) is 0 Å². The third-order valence-electron chi connectivity index (χ3n) is 3.56. The number of aliphatic hydroxyl groups excluding tert-OH is 1. The van der Waals surface area contributed by atoms with E-state index in [1.165, 1.54) is 0 Å². The fourth-order valence-corrected chi connectivity index (χ4v) is 2.07. The summed E-state index contributed by atoms with van der Waals surface area (Å²) in [4.78, 5) is 0. The number of aliphatic hydroxyl groups is 1. The van der Waals surface area contributed by atoms with Crippen LogP contribution in [-0.4, -0.2) is 32.0 Å². The first-order chi connectivity index (χ1) is 9.53. The summed E-state index contributed by atoms with van der Waals surface area (Å²) < 4.78 is 10.6. The van der Waals surface area contributed by atoms with Gasteiger partial charge in [0.2, 0.25) is 0 Å². The number of benzene rings is 1. The van der Waals surface area contributed by atoms with Crippen molar-refractivity contribution in [3.63, 3.8) is 0 Å². The smallest absolute Gasteiger partial charge is 0.161 e. The fraction of sp³-hybridized carbons (Fsp3) is 0.625. The molecule has 0 aromatic heterocycles. The molecule has 0 aliphatic rings. The first-order valence-corrected chi connectivity index (χ1v) is 7.16. The van der Waals surface area contributed by atoms with Crippen molar-refractivity contribution in [2.45, 2.75) is 39.3 Å². The van der Waals surface area contributed by atoms with Gasteiger partial charge in [0.15, 0.2) is 11.5 Å². The van der Waals surface area contributed by atoms with Gasteiger partial charge in [-0.2, -0.15) is 0 Å². The van der Waals surface area contributed by atoms with Gasteiger partial charge in [0.1, 0.15) is 0 Å². The Hall–Kier alpha value is -1.26. The Bertz CT molecular complexity index is 407. The van der Waals surface area contributed by atoms with Crippen molar-refractivity contribution in [2.24, 2.45) is 5.92 Å². The molecule has 0 spiro atoms. The van der Waals surface area contributed by atoms with Gasteiger partial charge < -0.3 is 19.9 Å². The highest BCUT2D eigenvalue weighted by atomic mass is 16.5. The van der Waals surface area contributed by atoms with Crippen molar-refractivity contribution >= 4 is 0 Å². The van der Waals surface area contributed by atoms with Crippen LogP contribution in [0.15, 0.2) is 18.2 Å². The molecule has 2 atom stereocenters. The first-order valence-electron chi connectivity index (χ1n) is 7.16. The molecule has 114 valence electrons. The van der Waals surface area contributed by atoms with Crippen LogP contribution in [0.5, 0.6) is 11.5 Å². The minimum Gasteiger partial charge on any atom is -0.493 e. The normalized spacial score (nSPS) is 14.2. The maximum absolute atomic E-state index is 9.89. The van der Waals surface area contributed by atoms with E-state index in [-0.39, 0.29) is 18.1 Å². The number of nitrogens with one attached hydrogen (secondary N) is 1. The number of hydrogen-bond acceptors (Lipinski definition) is 4. The maximum atomic E-state index is 9.89. The molecule has 1 rings (SSSR count). The Morgan fingerprint density at radius 1 is 1.15 bits per heavy atom. The summed E-state index contributed by atoms with van der Waals surface area (Å²) in [5, 5.41) is 13.3. The third-order valence-corrected chi connectivity index (χ3v) is 3.56. The largest absolute Gasteiger partial charge is 0.493 e. The molecule has 4 nitrogen and oxygen atoms in total. The zero-order valence-electron chi connectivity index (χ0n) is 13.1. The molecule has 0 fully saturated rings. The average Bonchev–Trinajstić information content (AvgIpc) is 2.47. The summed E-state index contributed by atoms with van der Waals surface area (Å²) in [5.41, 5.74) is 1.14. The van der Waals surface area contributed by atoms with E-state index in [2.05, 4.69) is 12.2 Å². The van der Waals surface area contributed by atoms with E-state index < -0.39 is 0 Å². The van der Waals surface area contributed by atoms with Gasteiger partial charge >= 0.3 is 0 Å². The Balaban J connectivity index is 2.79. The van der Waals surface area contributed by atoms with Gasteiger partial charge in [0.25, 0.3) is 0 Å². The molecule has 0 bridgehead atoms. The second-order valence-electron chi connectivity index (χ2n) is 5.29. The van der Waals surface area contributed by atoms with Gasteiger partial charge in [-0.05, 0) is 30.0 Å². The molecule has 2 N–H and O–H groups in total. The van der Waals surface area contributed by atoms with Crippen LogP contribution < -0.4 is 14.8 Å². The van der Waals surface area contributed by atoms with Gasteiger partial charge in [-0.1, -0.05) is 26.8 Å². The van der Waals surface area contributed by atoms with Crippen LogP contribution in [0.3, 0.4) is 0 Å². The van der Waals surface area contributed by atoms with E-state index in [9.17, 15) is 5.11 Å². The van der Waals surface area contributed by atoms with Crippen LogP contribution in [0.1, 0.15) is 38.8 Å².